The Morgan fingerprint density at radius 1 is 1.20 bits per heavy atom. The first-order valence-corrected chi connectivity index (χ1v) is 8.87. The predicted molar refractivity (Wildman–Crippen MR) is 103 cm³/mol. The summed E-state index contributed by atoms with van der Waals surface area (Å²) in [6, 6.07) is 15.0. The zero-order chi connectivity index (χ0) is 17.6. The number of hydrogen-bond donors (Lipinski definition) is 1. The zero-order valence-electron chi connectivity index (χ0n) is 13.5. The SMILES string of the molecule is COc1ccc(/C=N/N=C2\NC(=O)C(Cc3ccc(Cl)cc3)S2)cc1. The molecule has 0 aliphatic carbocycles. The molecule has 128 valence electrons. The molecule has 0 bridgehead atoms. The van der Waals surface area contributed by atoms with Crippen molar-refractivity contribution in [2.24, 2.45) is 10.2 Å². The molecule has 3 rings (SSSR count). The molecule has 5 nitrogen and oxygen atoms in total. The van der Waals surface area contributed by atoms with Crippen LogP contribution >= 0.6 is 23.4 Å². The van der Waals surface area contributed by atoms with Crippen LogP contribution in [-0.4, -0.2) is 29.6 Å². The van der Waals surface area contributed by atoms with Crippen LogP contribution in [0.4, 0.5) is 0 Å². The van der Waals surface area contributed by atoms with Crippen LogP contribution in [0.25, 0.3) is 0 Å². The number of carbonyl (C=O) groups is 1. The third kappa shape index (κ3) is 4.84. The number of rotatable bonds is 5. The highest BCUT2D eigenvalue weighted by molar-refractivity contribution is 8.15. The number of nitrogens with one attached hydrogen (secondary N) is 1. The number of nitrogens with zero attached hydrogens (tertiary/aromatic N) is 2. The minimum absolute atomic E-state index is 0.0571. The van der Waals surface area contributed by atoms with E-state index in [2.05, 4.69) is 15.5 Å². The van der Waals surface area contributed by atoms with Gasteiger partial charge in [0, 0.05) is 5.02 Å². The molecule has 2 aromatic rings. The first-order chi connectivity index (χ1) is 12.1. The lowest BCUT2D eigenvalue weighted by Gasteiger charge is -2.05. The Balaban J connectivity index is 1.60. The van der Waals surface area contributed by atoms with Gasteiger partial charge in [-0.25, -0.2) is 0 Å². The maximum atomic E-state index is 12.1. The molecule has 2 aromatic carbocycles. The minimum Gasteiger partial charge on any atom is -0.497 e. The lowest BCUT2D eigenvalue weighted by atomic mass is 10.1. The fourth-order valence-corrected chi connectivity index (χ4v) is 3.35. The summed E-state index contributed by atoms with van der Waals surface area (Å²) in [5.41, 5.74) is 1.96. The monoisotopic (exact) mass is 373 g/mol. The fraction of sp³-hybridized carbons (Fsp3) is 0.167. The van der Waals surface area contributed by atoms with Gasteiger partial charge in [0.05, 0.1) is 18.6 Å². The maximum absolute atomic E-state index is 12.1. The van der Waals surface area contributed by atoms with Gasteiger partial charge in [0.1, 0.15) is 5.75 Å². The quantitative estimate of drug-likeness (QED) is 0.644. The Morgan fingerprint density at radius 2 is 1.92 bits per heavy atom. The molecule has 1 fully saturated rings. The second kappa shape index (κ2) is 8.18. The van der Waals surface area contributed by atoms with E-state index >= 15 is 0 Å². The molecule has 0 radical (unpaired) electrons. The van der Waals surface area contributed by atoms with Crippen molar-refractivity contribution < 1.29 is 9.53 Å². The van der Waals surface area contributed by atoms with Crippen molar-refractivity contribution >= 4 is 40.7 Å². The number of ether oxygens (including phenoxy) is 1. The largest absolute Gasteiger partial charge is 0.497 e. The van der Waals surface area contributed by atoms with Crippen molar-refractivity contribution in [2.45, 2.75) is 11.7 Å². The van der Waals surface area contributed by atoms with Gasteiger partial charge in [-0.2, -0.15) is 5.10 Å². The number of benzene rings is 2. The normalized spacial score (nSPS) is 18.7. The Kier molecular flexibility index (Phi) is 5.73. The Bertz CT molecular complexity index is 804. The van der Waals surface area contributed by atoms with E-state index in [1.807, 2.05) is 48.5 Å². The zero-order valence-corrected chi connectivity index (χ0v) is 15.1. The summed E-state index contributed by atoms with van der Waals surface area (Å²) in [6.07, 6.45) is 2.25. The minimum atomic E-state index is -0.212. The van der Waals surface area contributed by atoms with Crippen LogP contribution in [0.3, 0.4) is 0 Å². The molecule has 1 amide bonds. The van der Waals surface area contributed by atoms with Gasteiger partial charge in [0.2, 0.25) is 5.91 Å². The van der Waals surface area contributed by atoms with Crippen molar-refractivity contribution in [1.82, 2.24) is 5.32 Å². The van der Waals surface area contributed by atoms with Crippen LogP contribution in [0.1, 0.15) is 11.1 Å². The number of thioether (sulfide) groups is 1. The molecule has 1 unspecified atom stereocenters. The first-order valence-electron chi connectivity index (χ1n) is 7.61. The van der Waals surface area contributed by atoms with E-state index in [9.17, 15) is 4.79 Å². The maximum Gasteiger partial charge on any atom is 0.239 e. The molecule has 0 saturated carbocycles. The average Bonchev–Trinajstić information content (AvgIpc) is 2.97. The van der Waals surface area contributed by atoms with Gasteiger partial charge >= 0.3 is 0 Å². The third-order valence-electron chi connectivity index (χ3n) is 3.58. The van der Waals surface area contributed by atoms with E-state index in [1.54, 1.807) is 13.3 Å². The average molecular weight is 374 g/mol. The third-order valence-corrected chi connectivity index (χ3v) is 4.91. The van der Waals surface area contributed by atoms with E-state index in [1.165, 1.54) is 11.8 Å². The summed E-state index contributed by atoms with van der Waals surface area (Å²) >= 11 is 7.26. The highest BCUT2D eigenvalue weighted by Gasteiger charge is 2.30. The van der Waals surface area contributed by atoms with E-state index in [0.717, 1.165) is 16.9 Å². The second-order valence-corrected chi connectivity index (χ2v) is 6.98. The number of amides is 1. The Morgan fingerprint density at radius 3 is 2.60 bits per heavy atom. The number of carbonyl (C=O) groups excluding carboxylic acids is 1. The van der Waals surface area contributed by atoms with E-state index in [0.29, 0.717) is 16.6 Å². The number of halogens is 1. The van der Waals surface area contributed by atoms with Crippen LogP contribution in [0.15, 0.2) is 58.7 Å². The molecule has 1 N–H and O–H groups in total. The standard InChI is InChI=1S/C18H16ClN3O2S/c1-24-15-8-4-13(5-9-15)11-20-22-18-21-17(23)16(25-18)10-12-2-6-14(19)7-3-12/h2-9,11,16H,10H2,1H3,(H,21,22,23)/b20-11+. The molecule has 1 atom stereocenters. The van der Waals surface area contributed by atoms with Gasteiger partial charge in [-0.15, -0.1) is 5.10 Å². The van der Waals surface area contributed by atoms with Crippen LogP contribution in [0, 0.1) is 0 Å². The molecular formula is C18H16ClN3O2S. The smallest absolute Gasteiger partial charge is 0.239 e. The summed E-state index contributed by atoms with van der Waals surface area (Å²) in [6.45, 7) is 0. The summed E-state index contributed by atoms with van der Waals surface area (Å²) in [5, 5.41) is 11.9. The molecule has 1 saturated heterocycles. The van der Waals surface area contributed by atoms with Crippen molar-refractivity contribution in [3.05, 3.63) is 64.7 Å². The molecule has 1 aliphatic heterocycles. The Labute approximate surface area is 155 Å². The summed E-state index contributed by atoms with van der Waals surface area (Å²) in [4.78, 5) is 12.1. The van der Waals surface area contributed by atoms with Gasteiger partial charge < -0.3 is 10.1 Å². The van der Waals surface area contributed by atoms with Crippen molar-refractivity contribution in [3.63, 3.8) is 0 Å². The molecular weight excluding hydrogens is 358 g/mol. The lowest BCUT2D eigenvalue weighted by Crippen LogP contribution is -2.25. The molecule has 7 heteroatoms. The Hall–Kier alpha value is -2.31. The van der Waals surface area contributed by atoms with Crippen molar-refractivity contribution in [3.8, 4) is 5.75 Å². The van der Waals surface area contributed by atoms with Gasteiger partial charge in [0.25, 0.3) is 0 Å². The highest BCUT2D eigenvalue weighted by atomic mass is 35.5. The summed E-state index contributed by atoms with van der Waals surface area (Å²) in [7, 11) is 1.62. The number of amidine groups is 1. The van der Waals surface area contributed by atoms with Crippen LogP contribution in [0.2, 0.25) is 5.02 Å². The highest BCUT2D eigenvalue weighted by Crippen LogP contribution is 2.24. The molecule has 25 heavy (non-hydrogen) atoms. The van der Waals surface area contributed by atoms with Gasteiger partial charge in [-0.3, -0.25) is 4.79 Å². The predicted octanol–water partition coefficient (Wildman–Crippen LogP) is 3.51. The molecule has 1 heterocycles. The fourth-order valence-electron chi connectivity index (χ4n) is 2.26. The topological polar surface area (TPSA) is 63.1 Å². The van der Waals surface area contributed by atoms with Gasteiger partial charge in [-0.05, 0) is 53.9 Å². The van der Waals surface area contributed by atoms with Crippen LogP contribution in [-0.2, 0) is 11.2 Å². The van der Waals surface area contributed by atoms with Crippen molar-refractivity contribution in [1.29, 1.82) is 0 Å². The summed E-state index contributed by atoms with van der Waals surface area (Å²) < 4.78 is 5.10. The molecule has 1 aliphatic rings. The van der Waals surface area contributed by atoms with Crippen LogP contribution in [0.5, 0.6) is 5.75 Å². The van der Waals surface area contributed by atoms with Gasteiger partial charge in [0.15, 0.2) is 5.17 Å². The molecule has 0 aromatic heterocycles. The second-order valence-electron chi connectivity index (χ2n) is 5.35. The summed E-state index contributed by atoms with van der Waals surface area (Å²) in [5.74, 6) is 0.727. The van der Waals surface area contributed by atoms with E-state index < -0.39 is 0 Å². The van der Waals surface area contributed by atoms with Gasteiger partial charge in [-0.1, -0.05) is 35.5 Å². The van der Waals surface area contributed by atoms with E-state index in [4.69, 9.17) is 16.3 Å². The molecule has 0 spiro atoms. The number of hydrogen-bond acceptors (Lipinski definition) is 5. The van der Waals surface area contributed by atoms with Crippen molar-refractivity contribution in [2.75, 3.05) is 7.11 Å². The number of methoxy groups -OCH3 is 1. The first kappa shape index (κ1) is 17.5. The van der Waals surface area contributed by atoms with Crippen LogP contribution < -0.4 is 10.1 Å². The van der Waals surface area contributed by atoms with E-state index in [-0.39, 0.29) is 11.2 Å². The lowest BCUT2D eigenvalue weighted by molar-refractivity contribution is -0.118.